The maximum Gasteiger partial charge on any atom is 0.219 e. The molecule has 31 heavy (non-hydrogen) atoms. The Balaban J connectivity index is 1.38. The number of rotatable bonds is 7. The SMILES string of the molecule is CC(=O)N(CCN1CCCCC1)C1CCCN(Cc2cn[nH]c2-c2ccc(C)cc2)C1. The van der Waals surface area contributed by atoms with Crippen molar-refractivity contribution in [2.45, 2.75) is 58.5 Å². The Morgan fingerprint density at radius 3 is 2.58 bits per heavy atom. The molecule has 1 atom stereocenters. The second-order valence-corrected chi connectivity index (χ2v) is 9.28. The number of amides is 1. The first-order chi connectivity index (χ1) is 15.1. The summed E-state index contributed by atoms with van der Waals surface area (Å²) in [4.78, 5) is 19.6. The van der Waals surface area contributed by atoms with Crippen LogP contribution < -0.4 is 0 Å². The van der Waals surface area contributed by atoms with Crippen LogP contribution in [0.1, 0.15) is 50.2 Å². The fourth-order valence-electron chi connectivity index (χ4n) is 5.10. The van der Waals surface area contributed by atoms with Crippen molar-refractivity contribution in [3.63, 3.8) is 0 Å². The molecule has 168 valence electrons. The summed E-state index contributed by atoms with van der Waals surface area (Å²) in [6.07, 6.45) is 8.14. The molecule has 2 aliphatic heterocycles. The van der Waals surface area contributed by atoms with Gasteiger partial charge in [-0.3, -0.25) is 14.8 Å². The highest BCUT2D eigenvalue weighted by atomic mass is 16.2. The molecule has 1 amide bonds. The zero-order valence-electron chi connectivity index (χ0n) is 19.1. The van der Waals surface area contributed by atoms with Crippen molar-refractivity contribution < 1.29 is 4.79 Å². The largest absolute Gasteiger partial charge is 0.337 e. The number of nitrogens with zero attached hydrogens (tertiary/aromatic N) is 4. The van der Waals surface area contributed by atoms with E-state index in [0.29, 0.717) is 6.04 Å². The molecule has 3 heterocycles. The lowest BCUT2D eigenvalue weighted by molar-refractivity contribution is -0.132. The maximum atomic E-state index is 12.5. The Morgan fingerprint density at radius 1 is 1.10 bits per heavy atom. The smallest absolute Gasteiger partial charge is 0.219 e. The van der Waals surface area contributed by atoms with E-state index < -0.39 is 0 Å². The van der Waals surface area contributed by atoms with E-state index in [1.165, 1.54) is 49.0 Å². The predicted molar refractivity (Wildman–Crippen MR) is 125 cm³/mol. The monoisotopic (exact) mass is 423 g/mol. The molecule has 4 rings (SSSR count). The lowest BCUT2D eigenvalue weighted by Gasteiger charge is -2.40. The molecule has 0 aliphatic carbocycles. The molecular weight excluding hydrogens is 386 g/mol. The molecule has 2 aromatic rings. The number of aryl methyl sites for hydroxylation is 1. The molecular formula is C25H37N5O. The number of likely N-dealkylation sites (tertiary alicyclic amines) is 2. The van der Waals surface area contributed by atoms with E-state index in [0.717, 1.165) is 51.3 Å². The Morgan fingerprint density at radius 2 is 1.84 bits per heavy atom. The van der Waals surface area contributed by atoms with Crippen molar-refractivity contribution in [1.29, 1.82) is 0 Å². The molecule has 2 fully saturated rings. The number of H-pyrrole nitrogens is 1. The van der Waals surface area contributed by atoms with Gasteiger partial charge in [0.2, 0.25) is 5.91 Å². The molecule has 6 nitrogen and oxygen atoms in total. The number of aromatic amines is 1. The summed E-state index contributed by atoms with van der Waals surface area (Å²) in [6.45, 7) is 11.0. The standard InChI is InChI=1S/C25H37N5O/c1-20-8-10-22(11-9-20)25-23(17-26-27-25)18-29-14-6-7-24(19-29)30(21(2)31)16-15-28-12-4-3-5-13-28/h8-11,17,24H,3-7,12-16,18-19H2,1-2H3,(H,26,27). The van der Waals surface area contributed by atoms with E-state index in [1.807, 2.05) is 6.20 Å². The van der Waals surface area contributed by atoms with Crippen molar-refractivity contribution >= 4 is 5.91 Å². The van der Waals surface area contributed by atoms with Crippen molar-refractivity contribution in [3.8, 4) is 11.3 Å². The third kappa shape index (κ3) is 5.74. The van der Waals surface area contributed by atoms with Crippen LogP contribution in [-0.2, 0) is 11.3 Å². The summed E-state index contributed by atoms with van der Waals surface area (Å²) in [5.74, 6) is 0.215. The summed E-state index contributed by atoms with van der Waals surface area (Å²) in [6, 6.07) is 8.91. The van der Waals surface area contributed by atoms with E-state index >= 15 is 0 Å². The Labute approximate surface area is 186 Å². The number of aromatic nitrogens is 2. The number of nitrogens with one attached hydrogen (secondary N) is 1. The minimum Gasteiger partial charge on any atom is -0.337 e. The first kappa shape index (κ1) is 22.0. The first-order valence-corrected chi connectivity index (χ1v) is 11.9. The van der Waals surface area contributed by atoms with Crippen LogP contribution in [0.25, 0.3) is 11.3 Å². The number of hydrogen-bond donors (Lipinski definition) is 1. The number of hydrogen-bond acceptors (Lipinski definition) is 4. The summed E-state index contributed by atoms with van der Waals surface area (Å²) in [7, 11) is 0. The van der Waals surface area contributed by atoms with E-state index in [-0.39, 0.29) is 5.91 Å². The van der Waals surface area contributed by atoms with E-state index in [2.05, 4.69) is 56.1 Å². The Kier molecular flexibility index (Phi) is 7.41. The van der Waals surface area contributed by atoms with Gasteiger partial charge in [-0.05, 0) is 57.8 Å². The molecule has 0 bridgehead atoms. The minimum atomic E-state index is 0.215. The van der Waals surface area contributed by atoms with E-state index in [4.69, 9.17) is 0 Å². The summed E-state index contributed by atoms with van der Waals surface area (Å²) >= 11 is 0. The lowest BCUT2D eigenvalue weighted by Crippen LogP contribution is -2.51. The summed E-state index contributed by atoms with van der Waals surface area (Å²) < 4.78 is 0. The van der Waals surface area contributed by atoms with Crippen LogP contribution in [0.2, 0.25) is 0 Å². The third-order valence-corrected chi connectivity index (χ3v) is 6.88. The second kappa shape index (κ2) is 10.4. The quantitative estimate of drug-likeness (QED) is 0.738. The Bertz CT molecular complexity index is 840. The molecule has 1 N–H and O–H groups in total. The fourth-order valence-corrected chi connectivity index (χ4v) is 5.10. The van der Waals surface area contributed by atoms with Gasteiger partial charge in [0.25, 0.3) is 0 Å². The van der Waals surface area contributed by atoms with Gasteiger partial charge in [0.15, 0.2) is 0 Å². The van der Waals surface area contributed by atoms with Crippen molar-refractivity contribution in [2.24, 2.45) is 0 Å². The van der Waals surface area contributed by atoms with Crippen LogP contribution in [-0.4, -0.2) is 76.1 Å². The van der Waals surface area contributed by atoms with Crippen LogP contribution in [0.5, 0.6) is 0 Å². The van der Waals surface area contributed by atoms with Crippen LogP contribution in [0.15, 0.2) is 30.5 Å². The van der Waals surface area contributed by atoms with Crippen molar-refractivity contribution in [3.05, 3.63) is 41.6 Å². The second-order valence-electron chi connectivity index (χ2n) is 9.28. The topological polar surface area (TPSA) is 55.5 Å². The van der Waals surface area contributed by atoms with Gasteiger partial charge in [0.1, 0.15) is 0 Å². The Hall–Kier alpha value is -2.18. The molecule has 0 spiro atoms. The van der Waals surface area contributed by atoms with Crippen molar-refractivity contribution in [2.75, 3.05) is 39.3 Å². The van der Waals surface area contributed by atoms with Gasteiger partial charge in [-0.15, -0.1) is 0 Å². The van der Waals surface area contributed by atoms with Crippen molar-refractivity contribution in [1.82, 2.24) is 24.9 Å². The molecule has 6 heteroatoms. The molecule has 0 radical (unpaired) electrons. The fraction of sp³-hybridized carbons (Fsp3) is 0.600. The zero-order chi connectivity index (χ0) is 21.6. The average Bonchev–Trinajstić information content (AvgIpc) is 3.23. The minimum absolute atomic E-state index is 0.215. The molecule has 0 saturated carbocycles. The number of piperidine rings is 2. The van der Waals surface area contributed by atoms with Gasteiger partial charge in [-0.2, -0.15) is 5.10 Å². The average molecular weight is 424 g/mol. The van der Waals surface area contributed by atoms with Gasteiger partial charge in [0, 0.05) is 44.7 Å². The number of carbonyl (C=O) groups excluding carboxylic acids is 1. The van der Waals surface area contributed by atoms with Crippen LogP contribution in [0.3, 0.4) is 0 Å². The molecule has 1 aromatic heterocycles. The van der Waals surface area contributed by atoms with Gasteiger partial charge in [0.05, 0.1) is 11.9 Å². The van der Waals surface area contributed by atoms with Crippen LogP contribution in [0.4, 0.5) is 0 Å². The highest BCUT2D eigenvalue weighted by Gasteiger charge is 2.28. The van der Waals surface area contributed by atoms with Gasteiger partial charge < -0.3 is 9.80 Å². The molecule has 1 aromatic carbocycles. The predicted octanol–water partition coefficient (Wildman–Crippen LogP) is 3.68. The normalized spacial score (nSPS) is 20.6. The first-order valence-electron chi connectivity index (χ1n) is 11.9. The third-order valence-electron chi connectivity index (χ3n) is 6.88. The summed E-state index contributed by atoms with van der Waals surface area (Å²) in [5, 5.41) is 7.52. The highest BCUT2D eigenvalue weighted by Crippen LogP contribution is 2.25. The van der Waals surface area contributed by atoms with E-state index in [9.17, 15) is 4.79 Å². The highest BCUT2D eigenvalue weighted by molar-refractivity contribution is 5.73. The van der Waals surface area contributed by atoms with Gasteiger partial charge >= 0.3 is 0 Å². The van der Waals surface area contributed by atoms with Gasteiger partial charge in [-0.1, -0.05) is 36.2 Å². The molecule has 2 aliphatic rings. The summed E-state index contributed by atoms with van der Waals surface area (Å²) in [5.41, 5.74) is 4.78. The van der Waals surface area contributed by atoms with Crippen LogP contribution in [0, 0.1) is 6.92 Å². The lowest BCUT2D eigenvalue weighted by atomic mass is 10.0. The number of benzene rings is 1. The van der Waals surface area contributed by atoms with Gasteiger partial charge in [-0.25, -0.2) is 0 Å². The number of carbonyl (C=O) groups is 1. The maximum absolute atomic E-state index is 12.5. The molecule has 1 unspecified atom stereocenters. The molecule has 2 saturated heterocycles. The van der Waals surface area contributed by atoms with Crippen LogP contribution >= 0.6 is 0 Å². The zero-order valence-corrected chi connectivity index (χ0v) is 19.1. The van der Waals surface area contributed by atoms with E-state index in [1.54, 1.807) is 6.92 Å².